The van der Waals surface area contributed by atoms with Crippen LogP contribution in [-0.2, 0) is 0 Å². The molecule has 1 aromatic heterocycles. The molecule has 0 radical (unpaired) electrons. The third-order valence-corrected chi connectivity index (χ3v) is 4.41. The van der Waals surface area contributed by atoms with Gasteiger partial charge in [-0.25, -0.2) is 9.97 Å². The SMILES string of the molecule is Cc1cc(C)cc(Nc2ncc(C(=O)Nc3cccc(Cl)c3Cl)cn2)c1. The Hall–Kier alpha value is -2.63. The standard InChI is InChI=1S/C19H16Cl2N4O/c1-11-6-12(2)8-14(7-11)24-19-22-9-13(10-23-19)18(26)25-16-5-3-4-15(20)17(16)21/h3-10H,1-2H3,(H,25,26)(H,22,23,24). The Balaban J connectivity index is 1.72. The van der Waals surface area contributed by atoms with Gasteiger partial charge in [-0.3, -0.25) is 4.79 Å². The van der Waals surface area contributed by atoms with Crippen LogP contribution in [0.1, 0.15) is 21.5 Å². The number of carbonyl (C=O) groups is 1. The average Bonchev–Trinajstić information content (AvgIpc) is 2.58. The maximum atomic E-state index is 12.3. The molecule has 5 nitrogen and oxygen atoms in total. The second-order valence-corrected chi connectivity index (χ2v) is 6.64. The van der Waals surface area contributed by atoms with E-state index < -0.39 is 0 Å². The Morgan fingerprint density at radius 1 is 1.00 bits per heavy atom. The van der Waals surface area contributed by atoms with Crippen molar-refractivity contribution in [1.29, 1.82) is 0 Å². The molecule has 3 rings (SSSR count). The summed E-state index contributed by atoms with van der Waals surface area (Å²) in [6.45, 7) is 4.04. The van der Waals surface area contributed by atoms with Gasteiger partial charge in [-0.05, 0) is 49.2 Å². The van der Waals surface area contributed by atoms with Gasteiger partial charge in [0.1, 0.15) is 0 Å². The van der Waals surface area contributed by atoms with Crippen LogP contribution in [0.4, 0.5) is 17.3 Å². The van der Waals surface area contributed by atoms with Gasteiger partial charge in [0.15, 0.2) is 0 Å². The fourth-order valence-corrected chi connectivity index (χ4v) is 2.83. The van der Waals surface area contributed by atoms with Crippen LogP contribution in [0, 0.1) is 13.8 Å². The van der Waals surface area contributed by atoms with Crippen molar-refractivity contribution >= 4 is 46.4 Å². The second kappa shape index (κ2) is 7.72. The predicted molar refractivity (Wildman–Crippen MR) is 106 cm³/mol. The molecule has 2 N–H and O–H groups in total. The highest BCUT2D eigenvalue weighted by Gasteiger charge is 2.11. The number of halogens is 2. The summed E-state index contributed by atoms with van der Waals surface area (Å²) in [5, 5.41) is 6.48. The topological polar surface area (TPSA) is 66.9 Å². The molecule has 26 heavy (non-hydrogen) atoms. The fourth-order valence-electron chi connectivity index (χ4n) is 2.48. The number of amides is 1. The fraction of sp³-hybridized carbons (Fsp3) is 0.105. The third-order valence-electron chi connectivity index (χ3n) is 3.59. The van der Waals surface area contributed by atoms with Gasteiger partial charge in [0, 0.05) is 18.1 Å². The number of nitrogens with one attached hydrogen (secondary N) is 2. The van der Waals surface area contributed by atoms with E-state index in [1.54, 1.807) is 18.2 Å². The van der Waals surface area contributed by atoms with Gasteiger partial charge in [0.25, 0.3) is 5.91 Å². The lowest BCUT2D eigenvalue weighted by molar-refractivity contribution is 0.102. The number of nitrogens with zero attached hydrogens (tertiary/aromatic N) is 2. The van der Waals surface area contributed by atoms with Gasteiger partial charge in [-0.2, -0.15) is 0 Å². The van der Waals surface area contributed by atoms with Gasteiger partial charge >= 0.3 is 0 Å². The Morgan fingerprint density at radius 3 is 2.31 bits per heavy atom. The van der Waals surface area contributed by atoms with Crippen molar-refractivity contribution in [1.82, 2.24) is 9.97 Å². The van der Waals surface area contributed by atoms with Crippen molar-refractivity contribution < 1.29 is 4.79 Å². The molecule has 7 heteroatoms. The molecule has 0 atom stereocenters. The molecule has 3 aromatic rings. The second-order valence-electron chi connectivity index (χ2n) is 5.85. The minimum Gasteiger partial charge on any atom is -0.324 e. The third kappa shape index (κ3) is 4.31. The molecule has 1 heterocycles. The summed E-state index contributed by atoms with van der Waals surface area (Å²) in [5.41, 5.74) is 3.92. The zero-order chi connectivity index (χ0) is 18.7. The highest BCUT2D eigenvalue weighted by Crippen LogP contribution is 2.29. The van der Waals surface area contributed by atoms with Crippen LogP contribution in [0.25, 0.3) is 0 Å². The van der Waals surface area contributed by atoms with Gasteiger partial charge in [0.2, 0.25) is 5.95 Å². The van der Waals surface area contributed by atoms with E-state index in [1.807, 2.05) is 26.0 Å². The predicted octanol–water partition coefficient (Wildman–Crippen LogP) is 5.40. The molecule has 132 valence electrons. The number of aryl methyl sites for hydroxylation is 2. The van der Waals surface area contributed by atoms with Crippen LogP contribution in [0.2, 0.25) is 10.0 Å². The molecular weight excluding hydrogens is 371 g/mol. The number of hydrogen-bond acceptors (Lipinski definition) is 4. The number of benzene rings is 2. The number of carbonyl (C=O) groups excluding carboxylic acids is 1. The van der Waals surface area contributed by atoms with E-state index in [-0.39, 0.29) is 10.9 Å². The highest BCUT2D eigenvalue weighted by atomic mass is 35.5. The smallest absolute Gasteiger partial charge is 0.258 e. The van der Waals surface area contributed by atoms with Crippen LogP contribution < -0.4 is 10.6 Å². The minimum atomic E-state index is -0.368. The first kappa shape index (κ1) is 18.2. The molecule has 0 aliphatic heterocycles. The van der Waals surface area contributed by atoms with Gasteiger partial charge in [0.05, 0.1) is 21.3 Å². The lowest BCUT2D eigenvalue weighted by atomic mass is 10.1. The summed E-state index contributed by atoms with van der Waals surface area (Å²) >= 11 is 12.0. The summed E-state index contributed by atoms with van der Waals surface area (Å²) in [6, 6.07) is 11.1. The summed E-state index contributed by atoms with van der Waals surface area (Å²) in [5.74, 6) is 0.0412. The van der Waals surface area contributed by atoms with Crippen molar-refractivity contribution in [2.75, 3.05) is 10.6 Å². The molecule has 0 saturated heterocycles. The molecule has 0 spiro atoms. The molecule has 0 aliphatic carbocycles. The van der Waals surface area contributed by atoms with Crippen molar-refractivity contribution in [3.63, 3.8) is 0 Å². The number of aromatic nitrogens is 2. The number of anilines is 3. The first-order valence-electron chi connectivity index (χ1n) is 7.85. The monoisotopic (exact) mass is 386 g/mol. The van der Waals surface area contributed by atoms with Gasteiger partial charge in [-0.15, -0.1) is 0 Å². The first-order chi connectivity index (χ1) is 12.4. The lowest BCUT2D eigenvalue weighted by Gasteiger charge is -2.09. The zero-order valence-electron chi connectivity index (χ0n) is 14.2. The quantitative estimate of drug-likeness (QED) is 0.629. The first-order valence-corrected chi connectivity index (χ1v) is 8.61. The van der Waals surface area contributed by atoms with E-state index in [0.717, 1.165) is 16.8 Å². The van der Waals surface area contributed by atoms with Crippen molar-refractivity contribution in [3.8, 4) is 0 Å². The molecule has 0 fully saturated rings. The lowest BCUT2D eigenvalue weighted by Crippen LogP contribution is -2.13. The maximum Gasteiger partial charge on any atom is 0.258 e. The van der Waals surface area contributed by atoms with E-state index in [4.69, 9.17) is 23.2 Å². The van der Waals surface area contributed by atoms with E-state index in [9.17, 15) is 4.79 Å². The number of hydrogen-bond donors (Lipinski definition) is 2. The molecule has 2 aromatic carbocycles. The number of rotatable bonds is 4. The van der Waals surface area contributed by atoms with E-state index in [2.05, 4.69) is 26.7 Å². The van der Waals surface area contributed by atoms with E-state index in [0.29, 0.717) is 22.2 Å². The van der Waals surface area contributed by atoms with Crippen LogP contribution in [-0.4, -0.2) is 15.9 Å². The summed E-state index contributed by atoms with van der Waals surface area (Å²) in [4.78, 5) is 20.7. The largest absolute Gasteiger partial charge is 0.324 e. The van der Waals surface area contributed by atoms with E-state index >= 15 is 0 Å². The molecule has 0 bridgehead atoms. The van der Waals surface area contributed by atoms with Crippen molar-refractivity contribution in [2.24, 2.45) is 0 Å². The molecule has 0 unspecified atom stereocenters. The van der Waals surface area contributed by atoms with Gasteiger partial charge in [-0.1, -0.05) is 35.3 Å². The van der Waals surface area contributed by atoms with Crippen LogP contribution in [0.5, 0.6) is 0 Å². The molecule has 1 amide bonds. The van der Waals surface area contributed by atoms with Crippen LogP contribution in [0.15, 0.2) is 48.8 Å². The normalized spacial score (nSPS) is 10.5. The molecular formula is C19H16Cl2N4O. The van der Waals surface area contributed by atoms with Crippen molar-refractivity contribution in [2.45, 2.75) is 13.8 Å². The van der Waals surface area contributed by atoms with Crippen LogP contribution in [0.3, 0.4) is 0 Å². The Bertz CT molecular complexity index is 938. The Labute approximate surface area is 161 Å². The van der Waals surface area contributed by atoms with Crippen molar-refractivity contribution in [3.05, 3.63) is 75.5 Å². The average molecular weight is 387 g/mol. The highest BCUT2D eigenvalue weighted by molar-refractivity contribution is 6.44. The van der Waals surface area contributed by atoms with Crippen LogP contribution >= 0.6 is 23.2 Å². The Kier molecular flexibility index (Phi) is 5.40. The summed E-state index contributed by atoms with van der Waals surface area (Å²) < 4.78 is 0. The summed E-state index contributed by atoms with van der Waals surface area (Å²) in [7, 11) is 0. The van der Waals surface area contributed by atoms with E-state index in [1.165, 1.54) is 12.4 Å². The Morgan fingerprint density at radius 2 is 1.65 bits per heavy atom. The molecule has 0 aliphatic rings. The minimum absolute atomic E-state index is 0.288. The summed E-state index contributed by atoms with van der Waals surface area (Å²) in [6.07, 6.45) is 2.90. The van der Waals surface area contributed by atoms with Gasteiger partial charge < -0.3 is 10.6 Å². The molecule has 0 saturated carbocycles. The zero-order valence-corrected chi connectivity index (χ0v) is 15.7. The maximum absolute atomic E-state index is 12.3.